The van der Waals surface area contributed by atoms with E-state index in [4.69, 9.17) is 48.8 Å². The Balaban J connectivity index is 0. The van der Waals surface area contributed by atoms with Crippen LogP contribution in [0.2, 0.25) is 0 Å². The number of hydrogen-bond acceptors (Lipinski definition) is 23. The smallest absolute Gasteiger partial charge is 0.310 e. The van der Waals surface area contributed by atoms with Crippen molar-refractivity contribution in [3.63, 3.8) is 0 Å². The van der Waals surface area contributed by atoms with Crippen LogP contribution < -0.4 is 28.4 Å². The summed E-state index contributed by atoms with van der Waals surface area (Å²) in [5.74, 6) is -1.53. The zero-order chi connectivity index (χ0) is 52.0. The number of aromatic hydroxyl groups is 2. The van der Waals surface area contributed by atoms with E-state index in [1.807, 2.05) is 0 Å². The molecule has 0 bridgehead atoms. The molecule has 27 nitrogen and oxygen atoms in total. The van der Waals surface area contributed by atoms with E-state index in [2.05, 4.69) is 4.74 Å². The summed E-state index contributed by atoms with van der Waals surface area (Å²) in [6, 6.07) is 13.1. The molecule has 0 aliphatic carbocycles. The number of nitro benzene ring substituents is 2. The van der Waals surface area contributed by atoms with Gasteiger partial charge in [-0.1, -0.05) is 0 Å². The largest absolute Gasteiger partial charge is 0.504 e. The summed E-state index contributed by atoms with van der Waals surface area (Å²) in [6.07, 6.45) is 2.06. The molecule has 0 saturated heterocycles. The summed E-state index contributed by atoms with van der Waals surface area (Å²) >= 11 is 0. The Hall–Kier alpha value is -9.56. The molecule has 0 amide bonds. The number of carbonyl (C=O) groups is 8. The lowest BCUT2D eigenvalue weighted by atomic mass is 10.1. The number of nitrogens with zero attached hydrogens (tertiary/aromatic N) is 3. The van der Waals surface area contributed by atoms with Gasteiger partial charge in [-0.2, -0.15) is 0 Å². The molecule has 27 heteroatoms. The highest BCUT2D eigenvalue weighted by Gasteiger charge is 2.20. The van der Waals surface area contributed by atoms with Gasteiger partial charge < -0.3 is 48.6 Å². The second kappa shape index (κ2) is 31.3. The minimum absolute atomic E-state index is 0.0256. The average molecular weight is 948 g/mol. The molecular formula is C40H41N3O24. The topological polar surface area (TPSA) is 391 Å². The number of carbonyl (C=O) groups excluding carboxylic acids is 8. The lowest BCUT2D eigenvalue weighted by molar-refractivity contribution is -0.742. The molecule has 67 heavy (non-hydrogen) atoms. The summed E-state index contributed by atoms with van der Waals surface area (Å²) in [4.78, 5) is 111. The minimum atomic E-state index is -1.50. The number of phenols is 2. The van der Waals surface area contributed by atoms with E-state index in [1.165, 1.54) is 79.5 Å². The summed E-state index contributed by atoms with van der Waals surface area (Å²) in [7, 11) is 5.46. The van der Waals surface area contributed by atoms with E-state index in [0.717, 1.165) is 31.2 Å². The number of hydrogen-bond donors (Lipinski definition) is 3. The number of methoxy groups -OCH3 is 4. The monoisotopic (exact) mass is 947 g/mol. The zero-order valence-electron chi connectivity index (χ0n) is 36.3. The number of esters is 4. The van der Waals surface area contributed by atoms with E-state index < -0.39 is 50.2 Å². The Bertz CT molecular complexity index is 2400. The molecule has 0 aliphatic heterocycles. The first-order chi connectivity index (χ1) is 31.4. The second-order valence-corrected chi connectivity index (χ2v) is 11.5. The molecule has 4 rings (SSSR count). The van der Waals surface area contributed by atoms with Crippen LogP contribution in [-0.4, -0.2) is 108 Å². The number of nitro groups is 2. The Labute approximate surface area is 377 Å². The summed E-state index contributed by atoms with van der Waals surface area (Å²) in [6.45, 7) is 4.81. The fraction of sp³-hybridized carbons (Fsp3) is 0.200. The van der Waals surface area contributed by atoms with Crippen molar-refractivity contribution in [1.29, 1.82) is 0 Å². The van der Waals surface area contributed by atoms with E-state index in [9.17, 15) is 63.7 Å². The third-order valence-corrected chi connectivity index (χ3v) is 6.75. The molecule has 360 valence electrons. The van der Waals surface area contributed by atoms with Gasteiger partial charge in [0.05, 0.1) is 61.5 Å². The summed E-state index contributed by atoms with van der Waals surface area (Å²) < 4.78 is 32.9. The molecule has 3 N–H and O–H groups in total. The molecule has 0 aromatic heterocycles. The van der Waals surface area contributed by atoms with Crippen LogP contribution in [0.3, 0.4) is 0 Å². The predicted octanol–water partition coefficient (Wildman–Crippen LogP) is 4.86. The van der Waals surface area contributed by atoms with Crippen LogP contribution >= 0.6 is 0 Å². The minimum Gasteiger partial charge on any atom is -0.504 e. The third-order valence-electron chi connectivity index (χ3n) is 6.75. The first-order valence-corrected chi connectivity index (χ1v) is 17.6. The SMILES string of the molecule is CC(=O)OC(C)=O.COc1cc(C=O)c([N+](=O)[O-])cc1O.COc1cc(C=O)c([N+](=O)[O-])cc1OC(C)=O.COc1cc(C=O)ccc1O.COc1cc(C=O)ccc1OC(C)=O.O=[N+]([O-])O. The molecule has 0 spiro atoms. The highest BCUT2D eigenvalue weighted by Crippen LogP contribution is 2.35. The normalized spacial score (nSPS) is 9.01. The molecule has 0 atom stereocenters. The van der Waals surface area contributed by atoms with Gasteiger partial charge in [0.25, 0.3) is 16.5 Å². The molecule has 0 aliphatic rings. The molecule has 0 fully saturated rings. The number of phenolic OH excluding ortho intramolecular Hbond substituents is 2. The highest BCUT2D eigenvalue weighted by atomic mass is 16.9. The molecule has 4 aromatic rings. The zero-order valence-corrected chi connectivity index (χ0v) is 36.3. The van der Waals surface area contributed by atoms with Crippen molar-refractivity contribution in [2.75, 3.05) is 28.4 Å². The first-order valence-electron chi connectivity index (χ1n) is 17.6. The molecule has 4 aromatic carbocycles. The fourth-order valence-electron chi connectivity index (χ4n) is 4.17. The summed E-state index contributed by atoms with van der Waals surface area (Å²) in [5.41, 5.74) is -0.222. The molecular weight excluding hydrogens is 906 g/mol. The summed E-state index contributed by atoms with van der Waals surface area (Å²) in [5, 5.41) is 53.1. The predicted molar refractivity (Wildman–Crippen MR) is 224 cm³/mol. The van der Waals surface area contributed by atoms with Gasteiger partial charge in [0, 0.05) is 51.0 Å². The number of aldehydes is 4. The van der Waals surface area contributed by atoms with Gasteiger partial charge in [0.2, 0.25) is 0 Å². The van der Waals surface area contributed by atoms with Gasteiger partial charge in [0.1, 0.15) is 12.6 Å². The van der Waals surface area contributed by atoms with Gasteiger partial charge in [0.15, 0.2) is 58.6 Å². The fourth-order valence-corrected chi connectivity index (χ4v) is 4.17. The van der Waals surface area contributed by atoms with Crippen LogP contribution in [0.4, 0.5) is 11.4 Å². The van der Waals surface area contributed by atoms with Crippen LogP contribution in [0.5, 0.6) is 46.0 Å². The average Bonchev–Trinajstić information content (AvgIpc) is 3.26. The standard InChI is InChI=1S/C10H9NO6.C10H10O4.C8H7NO5.C8H8O3.C4H6O3.HNO3/c1-6(13)17-10-4-8(11(14)15)7(5-12)3-9(10)16-2;1-7(12)14-9-4-3-8(6-11)5-10(9)13-2;1-14-8-2-5(4-10)6(9(12)13)3-7(8)11;1-11-8-4-6(5-9)2-3-7(8)10;1-3(5)7-4(2)6;2-1(3)4/h3-5H,1-2H3;3-6H,1-2H3;2-4,11H,1H3;2-5,10H,1H3;1-2H3;(H,2,3,4). The number of rotatable bonds is 12. The van der Waals surface area contributed by atoms with E-state index in [0.29, 0.717) is 53.5 Å². The van der Waals surface area contributed by atoms with Crippen LogP contribution in [0.1, 0.15) is 69.1 Å². The van der Waals surface area contributed by atoms with Gasteiger partial charge in [-0.3, -0.25) is 58.6 Å². The lowest BCUT2D eigenvalue weighted by Gasteiger charge is -2.08. The van der Waals surface area contributed by atoms with Crippen molar-refractivity contribution in [3.8, 4) is 46.0 Å². The van der Waals surface area contributed by atoms with Gasteiger partial charge in [-0.25, -0.2) is 0 Å². The van der Waals surface area contributed by atoms with Crippen molar-refractivity contribution in [2.24, 2.45) is 0 Å². The van der Waals surface area contributed by atoms with Crippen LogP contribution in [0.15, 0.2) is 60.7 Å². The van der Waals surface area contributed by atoms with Crippen molar-refractivity contribution < 1.29 is 102 Å². The maximum absolute atomic E-state index is 10.8. The van der Waals surface area contributed by atoms with Crippen molar-refractivity contribution in [1.82, 2.24) is 0 Å². The third kappa shape index (κ3) is 23.5. The molecule has 0 heterocycles. The second-order valence-electron chi connectivity index (χ2n) is 11.5. The Morgan fingerprint density at radius 3 is 1.19 bits per heavy atom. The van der Waals surface area contributed by atoms with Crippen LogP contribution in [-0.2, 0) is 23.9 Å². The molecule has 0 radical (unpaired) electrons. The van der Waals surface area contributed by atoms with Crippen molar-refractivity contribution in [3.05, 3.63) is 113 Å². The molecule has 0 saturated carbocycles. The lowest BCUT2D eigenvalue weighted by Crippen LogP contribution is -2.05. The van der Waals surface area contributed by atoms with E-state index >= 15 is 0 Å². The maximum atomic E-state index is 10.8. The van der Waals surface area contributed by atoms with Crippen LogP contribution in [0.25, 0.3) is 0 Å². The van der Waals surface area contributed by atoms with Crippen molar-refractivity contribution in [2.45, 2.75) is 27.7 Å². The van der Waals surface area contributed by atoms with Crippen molar-refractivity contribution >= 4 is 60.4 Å². The number of ether oxygens (including phenoxy) is 7. The van der Waals surface area contributed by atoms with Crippen LogP contribution in [0, 0.1) is 30.3 Å². The first kappa shape index (κ1) is 59.5. The molecule has 0 unspecified atom stereocenters. The Morgan fingerprint density at radius 1 is 0.478 bits per heavy atom. The highest BCUT2D eigenvalue weighted by molar-refractivity contribution is 5.85. The quantitative estimate of drug-likeness (QED) is 0.0426. The Morgan fingerprint density at radius 2 is 0.836 bits per heavy atom. The number of benzene rings is 4. The van der Waals surface area contributed by atoms with Gasteiger partial charge in [-0.05, 0) is 36.4 Å². The van der Waals surface area contributed by atoms with Gasteiger partial charge >= 0.3 is 23.9 Å². The maximum Gasteiger partial charge on any atom is 0.310 e. The van der Waals surface area contributed by atoms with Gasteiger partial charge in [-0.15, -0.1) is 10.1 Å². The Kier molecular flexibility index (Phi) is 27.8. The van der Waals surface area contributed by atoms with E-state index in [-0.39, 0.29) is 39.9 Å². The van der Waals surface area contributed by atoms with E-state index in [1.54, 1.807) is 6.07 Å².